The first-order valence-corrected chi connectivity index (χ1v) is 8.73. The number of hydrogen-bond acceptors (Lipinski definition) is 5. The molecule has 116 valence electrons. The Labute approximate surface area is 135 Å². The standard InChI is InChI=1S/C15H24BrN5/c1-17-15-18-10-13(16)14(19-15)21-8-4-12(5-9-21)11-20-6-2-3-7-20/h10,12H,2-9,11H2,1H3,(H,17,18,19). The molecule has 0 unspecified atom stereocenters. The molecule has 2 fully saturated rings. The Morgan fingerprint density at radius 3 is 2.62 bits per heavy atom. The molecule has 2 aliphatic rings. The van der Waals surface area contributed by atoms with Crippen LogP contribution in [0.1, 0.15) is 25.7 Å². The number of aromatic nitrogens is 2. The highest BCUT2D eigenvalue weighted by molar-refractivity contribution is 9.10. The Balaban J connectivity index is 1.57. The number of likely N-dealkylation sites (tertiary alicyclic amines) is 1. The molecule has 2 aliphatic heterocycles. The fourth-order valence-corrected chi connectivity index (χ4v) is 3.80. The second-order valence-electron chi connectivity index (χ2n) is 6.05. The molecule has 2 saturated heterocycles. The van der Waals surface area contributed by atoms with Gasteiger partial charge in [-0.15, -0.1) is 0 Å². The summed E-state index contributed by atoms with van der Waals surface area (Å²) in [6, 6.07) is 0. The number of piperidine rings is 1. The highest BCUT2D eigenvalue weighted by Crippen LogP contribution is 2.29. The lowest BCUT2D eigenvalue weighted by Gasteiger charge is -2.35. The maximum Gasteiger partial charge on any atom is 0.224 e. The van der Waals surface area contributed by atoms with E-state index in [0.29, 0.717) is 5.95 Å². The van der Waals surface area contributed by atoms with Crippen LogP contribution in [0.25, 0.3) is 0 Å². The van der Waals surface area contributed by atoms with Gasteiger partial charge in [0.05, 0.1) is 4.47 Å². The van der Waals surface area contributed by atoms with E-state index in [1.165, 1.54) is 45.3 Å². The number of nitrogens with one attached hydrogen (secondary N) is 1. The molecule has 3 heterocycles. The molecule has 1 N–H and O–H groups in total. The minimum Gasteiger partial charge on any atom is -0.357 e. The SMILES string of the molecule is CNc1ncc(Br)c(N2CCC(CN3CCCC3)CC2)n1. The molecule has 0 aromatic carbocycles. The summed E-state index contributed by atoms with van der Waals surface area (Å²) in [5.74, 6) is 2.56. The van der Waals surface area contributed by atoms with Crippen LogP contribution in [0, 0.1) is 5.92 Å². The van der Waals surface area contributed by atoms with Gasteiger partial charge in [0.2, 0.25) is 5.95 Å². The second-order valence-corrected chi connectivity index (χ2v) is 6.91. The van der Waals surface area contributed by atoms with Crippen LogP contribution in [-0.4, -0.2) is 54.6 Å². The predicted octanol–water partition coefficient (Wildman–Crippen LogP) is 2.59. The van der Waals surface area contributed by atoms with E-state index in [4.69, 9.17) is 0 Å². The molecule has 0 amide bonds. The summed E-state index contributed by atoms with van der Waals surface area (Å²) < 4.78 is 0.986. The highest BCUT2D eigenvalue weighted by Gasteiger charge is 2.24. The minimum atomic E-state index is 0.687. The lowest BCUT2D eigenvalue weighted by Crippen LogP contribution is -2.38. The molecule has 0 bridgehead atoms. The molecule has 21 heavy (non-hydrogen) atoms. The zero-order chi connectivity index (χ0) is 14.7. The van der Waals surface area contributed by atoms with E-state index < -0.39 is 0 Å². The van der Waals surface area contributed by atoms with E-state index in [2.05, 4.69) is 41.0 Å². The lowest BCUT2D eigenvalue weighted by molar-refractivity contribution is 0.249. The van der Waals surface area contributed by atoms with Crippen LogP contribution >= 0.6 is 15.9 Å². The summed E-state index contributed by atoms with van der Waals surface area (Å²) in [6.45, 7) is 6.10. The Hall–Kier alpha value is -0.880. The van der Waals surface area contributed by atoms with Gasteiger partial charge < -0.3 is 15.1 Å². The first-order chi connectivity index (χ1) is 10.3. The van der Waals surface area contributed by atoms with E-state index in [0.717, 1.165) is 29.3 Å². The molecule has 1 aromatic rings. The highest BCUT2D eigenvalue weighted by atomic mass is 79.9. The molecule has 5 nitrogen and oxygen atoms in total. The van der Waals surface area contributed by atoms with Crippen LogP contribution in [0.5, 0.6) is 0 Å². The second kappa shape index (κ2) is 6.92. The van der Waals surface area contributed by atoms with E-state index in [9.17, 15) is 0 Å². The van der Waals surface area contributed by atoms with Gasteiger partial charge >= 0.3 is 0 Å². The summed E-state index contributed by atoms with van der Waals surface area (Å²) in [5, 5.41) is 3.01. The Morgan fingerprint density at radius 2 is 1.95 bits per heavy atom. The van der Waals surface area contributed by atoms with Gasteiger partial charge in [0, 0.05) is 32.9 Å². The fraction of sp³-hybridized carbons (Fsp3) is 0.733. The zero-order valence-corrected chi connectivity index (χ0v) is 14.3. The van der Waals surface area contributed by atoms with Crippen molar-refractivity contribution in [3.63, 3.8) is 0 Å². The lowest BCUT2D eigenvalue weighted by atomic mass is 9.96. The van der Waals surface area contributed by atoms with Crippen molar-refractivity contribution in [3.8, 4) is 0 Å². The van der Waals surface area contributed by atoms with E-state index in [-0.39, 0.29) is 0 Å². The largest absolute Gasteiger partial charge is 0.357 e. The topological polar surface area (TPSA) is 44.3 Å². The quantitative estimate of drug-likeness (QED) is 0.901. The van der Waals surface area contributed by atoms with E-state index in [1.807, 2.05) is 13.2 Å². The average molecular weight is 354 g/mol. The van der Waals surface area contributed by atoms with Crippen LogP contribution in [-0.2, 0) is 0 Å². The monoisotopic (exact) mass is 353 g/mol. The minimum absolute atomic E-state index is 0.687. The van der Waals surface area contributed by atoms with Gasteiger partial charge in [0.25, 0.3) is 0 Å². The van der Waals surface area contributed by atoms with Crippen LogP contribution < -0.4 is 10.2 Å². The Morgan fingerprint density at radius 1 is 1.24 bits per heavy atom. The van der Waals surface area contributed by atoms with Crippen molar-refractivity contribution in [3.05, 3.63) is 10.7 Å². The van der Waals surface area contributed by atoms with Crippen molar-refractivity contribution in [2.24, 2.45) is 5.92 Å². The maximum atomic E-state index is 4.59. The number of rotatable bonds is 4. The van der Waals surface area contributed by atoms with Crippen molar-refractivity contribution in [2.45, 2.75) is 25.7 Å². The third-order valence-electron chi connectivity index (χ3n) is 4.58. The molecule has 0 spiro atoms. The molecule has 1 aromatic heterocycles. The molecule has 0 radical (unpaired) electrons. The summed E-state index contributed by atoms with van der Waals surface area (Å²) in [4.78, 5) is 13.8. The third-order valence-corrected chi connectivity index (χ3v) is 5.14. The molecule has 6 heteroatoms. The smallest absolute Gasteiger partial charge is 0.224 e. The van der Waals surface area contributed by atoms with Crippen molar-refractivity contribution in [1.29, 1.82) is 0 Å². The maximum absolute atomic E-state index is 4.59. The first kappa shape index (κ1) is 15.0. The van der Waals surface area contributed by atoms with Crippen molar-refractivity contribution >= 4 is 27.7 Å². The van der Waals surface area contributed by atoms with E-state index in [1.54, 1.807) is 0 Å². The molecule has 0 aliphatic carbocycles. The van der Waals surface area contributed by atoms with E-state index >= 15 is 0 Å². The van der Waals surface area contributed by atoms with Gasteiger partial charge in [0.1, 0.15) is 5.82 Å². The van der Waals surface area contributed by atoms with Gasteiger partial charge in [-0.1, -0.05) is 0 Å². The number of nitrogens with zero attached hydrogens (tertiary/aromatic N) is 4. The molecular weight excluding hydrogens is 330 g/mol. The number of anilines is 2. The number of halogens is 1. The number of hydrogen-bond donors (Lipinski definition) is 1. The van der Waals surface area contributed by atoms with Gasteiger partial charge in [-0.3, -0.25) is 0 Å². The van der Waals surface area contributed by atoms with Crippen molar-refractivity contribution in [2.75, 3.05) is 50.0 Å². The summed E-state index contributed by atoms with van der Waals surface area (Å²) >= 11 is 3.58. The summed E-state index contributed by atoms with van der Waals surface area (Å²) in [6.07, 6.45) is 7.15. The van der Waals surface area contributed by atoms with Crippen LogP contribution in [0.4, 0.5) is 11.8 Å². The zero-order valence-electron chi connectivity index (χ0n) is 12.7. The van der Waals surface area contributed by atoms with Gasteiger partial charge in [-0.05, 0) is 60.6 Å². The van der Waals surface area contributed by atoms with Crippen molar-refractivity contribution < 1.29 is 0 Å². The average Bonchev–Trinajstić information content (AvgIpc) is 3.02. The summed E-state index contributed by atoms with van der Waals surface area (Å²) in [5.41, 5.74) is 0. The Kier molecular flexibility index (Phi) is 4.95. The third kappa shape index (κ3) is 3.66. The van der Waals surface area contributed by atoms with Crippen LogP contribution in [0.15, 0.2) is 10.7 Å². The van der Waals surface area contributed by atoms with Gasteiger partial charge in [-0.25, -0.2) is 4.98 Å². The molecule has 0 saturated carbocycles. The predicted molar refractivity (Wildman–Crippen MR) is 89.9 cm³/mol. The normalized spacial score (nSPS) is 21.0. The van der Waals surface area contributed by atoms with Crippen LogP contribution in [0.2, 0.25) is 0 Å². The van der Waals surface area contributed by atoms with Crippen LogP contribution in [0.3, 0.4) is 0 Å². The fourth-order valence-electron chi connectivity index (χ4n) is 3.36. The molecule has 3 rings (SSSR count). The van der Waals surface area contributed by atoms with Gasteiger partial charge in [-0.2, -0.15) is 4.98 Å². The Bertz CT molecular complexity index is 467. The molecular formula is C15H24BrN5. The van der Waals surface area contributed by atoms with Gasteiger partial charge in [0.15, 0.2) is 0 Å². The molecule has 0 atom stereocenters. The van der Waals surface area contributed by atoms with Crippen molar-refractivity contribution in [1.82, 2.24) is 14.9 Å². The first-order valence-electron chi connectivity index (χ1n) is 7.94. The summed E-state index contributed by atoms with van der Waals surface area (Å²) in [7, 11) is 1.86.